The molecular weight excluding hydrogens is 452 g/mol. The van der Waals surface area contributed by atoms with E-state index < -0.39 is 24.5 Å². The summed E-state index contributed by atoms with van der Waals surface area (Å²) in [6.07, 6.45) is 3.67. The van der Waals surface area contributed by atoms with E-state index >= 15 is 0 Å². The quantitative estimate of drug-likeness (QED) is 0.617. The molecule has 0 spiro atoms. The minimum atomic E-state index is -1.16. The van der Waals surface area contributed by atoms with Gasteiger partial charge in [-0.05, 0) is 41.4 Å². The van der Waals surface area contributed by atoms with Gasteiger partial charge in [0.15, 0.2) is 0 Å². The van der Waals surface area contributed by atoms with Gasteiger partial charge in [0.2, 0.25) is 5.91 Å². The van der Waals surface area contributed by atoms with Crippen molar-refractivity contribution in [2.45, 2.75) is 42.9 Å². The van der Waals surface area contributed by atoms with E-state index in [4.69, 9.17) is 4.74 Å². The third-order valence-electron chi connectivity index (χ3n) is 6.59. The Hall–Kier alpha value is -3.00. The number of hydrogen-bond acceptors (Lipinski definition) is 5. The van der Waals surface area contributed by atoms with Crippen LogP contribution in [0.2, 0.25) is 0 Å². The van der Waals surface area contributed by atoms with Crippen molar-refractivity contribution in [1.29, 1.82) is 0 Å². The van der Waals surface area contributed by atoms with Crippen LogP contribution in [0, 0.1) is 0 Å². The first-order valence-electron chi connectivity index (χ1n) is 11.6. The summed E-state index contributed by atoms with van der Waals surface area (Å²) in [7, 11) is 0. The van der Waals surface area contributed by atoms with Crippen LogP contribution in [-0.4, -0.2) is 65.2 Å². The van der Waals surface area contributed by atoms with Crippen molar-refractivity contribution in [2.24, 2.45) is 0 Å². The summed E-state index contributed by atoms with van der Waals surface area (Å²) in [5.41, 5.74) is 4.41. The standard InChI is InChI=1S/C26H30N2O5S/c1-34-17-8-6-7-13-28(15-17)25(31)23(14-24(29)30)27-26(32)33-16-22-20-11-4-2-9-18(20)19-10-3-5-12-21(19)22/h2-5,9-12,17,22-23H,6-8,13-16H2,1H3,(H,27,32)(H,29,30). The largest absolute Gasteiger partial charge is 0.481 e. The monoisotopic (exact) mass is 482 g/mol. The van der Waals surface area contributed by atoms with E-state index in [-0.39, 0.29) is 18.4 Å². The van der Waals surface area contributed by atoms with E-state index in [1.54, 1.807) is 16.7 Å². The zero-order valence-electron chi connectivity index (χ0n) is 19.2. The second kappa shape index (κ2) is 11.0. The summed E-state index contributed by atoms with van der Waals surface area (Å²) in [4.78, 5) is 39.0. The average Bonchev–Trinajstić information content (AvgIpc) is 2.97. The number of carboxylic acid groups (broad SMARTS) is 1. The molecule has 8 heteroatoms. The molecule has 1 fully saturated rings. The number of nitrogens with one attached hydrogen (secondary N) is 1. The van der Waals surface area contributed by atoms with Crippen LogP contribution in [0.15, 0.2) is 48.5 Å². The van der Waals surface area contributed by atoms with Gasteiger partial charge in [0.05, 0.1) is 6.42 Å². The summed E-state index contributed by atoms with van der Waals surface area (Å²) in [5, 5.41) is 12.2. The summed E-state index contributed by atoms with van der Waals surface area (Å²) in [6, 6.07) is 14.9. The smallest absolute Gasteiger partial charge is 0.407 e. The molecule has 1 aliphatic carbocycles. The van der Waals surface area contributed by atoms with Gasteiger partial charge in [-0.15, -0.1) is 0 Å². The second-order valence-corrected chi connectivity index (χ2v) is 9.90. The molecular formula is C26H30N2O5S. The zero-order chi connectivity index (χ0) is 24.1. The molecule has 4 rings (SSSR count). The molecule has 2 aromatic carbocycles. The number of nitrogens with zero attached hydrogens (tertiary/aromatic N) is 1. The van der Waals surface area contributed by atoms with Gasteiger partial charge in [-0.25, -0.2) is 4.79 Å². The number of carboxylic acids is 1. The number of aliphatic carboxylic acids is 1. The van der Waals surface area contributed by atoms with Gasteiger partial charge >= 0.3 is 12.1 Å². The number of fused-ring (bicyclic) bond motifs is 3. The molecule has 2 aliphatic rings. The van der Waals surface area contributed by atoms with Crippen LogP contribution in [0.25, 0.3) is 11.1 Å². The van der Waals surface area contributed by atoms with Gasteiger partial charge in [-0.2, -0.15) is 11.8 Å². The van der Waals surface area contributed by atoms with E-state index in [2.05, 4.69) is 17.4 Å². The van der Waals surface area contributed by atoms with Crippen LogP contribution in [0.5, 0.6) is 0 Å². The molecule has 0 aromatic heterocycles. The highest BCUT2D eigenvalue weighted by molar-refractivity contribution is 7.99. The Kier molecular flexibility index (Phi) is 7.77. The molecule has 2 N–H and O–H groups in total. The summed E-state index contributed by atoms with van der Waals surface area (Å²) >= 11 is 1.71. The first-order valence-corrected chi connectivity index (χ1v) is 12.9. The highest BCUT2D eigenvalue weighted by Crippen LogP contribution is 2.44. The lowest BCUT2D eigenvalue weighted by atomic mass is 9.98. The minimum Gasteiger partial charge on any atom is -0.481 e. The maximum atomic E-state index is 13.2. The van der Waals surface area contributed by atoms with Crippen molar-refractivity contribution >= 4 is 29.7 Å². The summed E-state index contributed by atoms with van der Waals surface area (Å²) in [6.45, 7) is 1.23. The predicted octanol–water partition coefficient (Wildman–Crippen LogP) is 4.11. The van der Waals surface area contributed by atoms with Crippen LogP contribution in [0.1, 0.15) is 42.7 Å². The Bertz CT molecular complexity index is 1010. The molecule has 2 aromatic rings. The molecule has 2 unspecified atom stereocenters. The van der Waals surface area contributed by atoms with Crippen molar-refractivity contribution < 1.29 is 24.2 Å². The molecule has 180 valence electrons. The number of rotatable bonds is 7. The molecule has 34 heavy (non-hydrogen) atoms. The fourth-order valence-corrected chi connectivity index (χ4v) is 5.60. The third kappa shape index (κ3) is 5.38. The Morgan fingerprint density at radius 3 is 2.35 bits per heavy atom. The average molecular weight is 483 g/mol. The number of carbonyl (C=O) groups excluding carboxylic acids is 2. The minimum absolute atomic E-state index is 0.103. The first kappa shape index (κ1) is 24.1. The first-order chi connectivity index (χ1) is 16.5. The maximum Gasteiger partial charge on any atom is 0.407 e. The fraction of sp³-hybridized carbons (Fsp3) is 0.423. The van der Waals surface area contributed by atoms with Gasteiger partial charge in [-0.1, -0.05) is 55.0 Å². The number of thioether (sulfide) groups is 1. The van der Waals surface area contributed by atoms with E-state index in [1.165, 1.54) is 0 Å². The van der Waals surface area contributed by atoms with Crippen LogP contribution in [0.4, 0.5) is 4.79 Å². The highest BCUT2D eigenvalue weighted by Gasteiger charge is 2.32. The van der Waals surface area contributed by atoms with Crippen LogP contribution in [0.3, 0.4) is 0 Å². The van der Waals surface area contributed by atoms with Gasteiger partial charge in [0.1, 0.15) is 12.6 Å². The lowest BCUT2D eigenvalue weighted by molar-refractivity contribution is -0.142. The van der Waals surface area contributed by atoms with Crippen LogP contribution in [-0.2, 0) is 14.3 Å². The SMILES string of the molecule is CSC1CCCCN(C(=O)C(CC(=O)O)NC(=O)OCC2c3ccccc3-c3ccccc32)C1. The molecule has 0 saturated carbocycles. The molecule has 0 radical (unpaired) electrons. The zero-order valence-corrected chi connectivity index (χ0v) is 20.1. The third-order valence-corrected chi connectivity index (χ3v) is 7.64. The van der Waals surface area contributed by atoms with Crippen LogP contribution >= 0.6 is 11.8 Å². The number of amides is 2. The number of ether oxygens (including phenoxy) is 1. The van der Waals surface area contributed by atoms with Crippen molar-refractivity contribution in [3.8, 4) is 11.1 Å². The van der Waals surface area contributed by atoms with Crippen molar-refractivity contribution in [3.05, 3.63) is 59.7 Å². The molecule has 2 amide bonds. The van der Waals surface area contributed by atoms with E-state index in [0.29, 0.717) is 18.3 Å². The lowest BCUT2D eigenvalue weighted by Crippen LogP contribution is -2.51. The number of likely N-dealkylation sites (tertiary alicyclic amines) is 1. The highest BCUT2D eigenvalue weighted by atomic mass is 32.2. The lowest BCUT2D eigenvalue weighted by Gasteiger charge is -2.28. The van der Waals surface area contributed by atoms with Crippen molar-refractivity contribution in [1.82, 2.24) is 10.2 Å². The van der Waals surface area contributed by atoms with E-state index in [9.17, 15) is 19.5 Å². The summed E-state index contributed by atoms with van der Waals surface area (Å²) in [5.74, 6) is -1.62. The topological polar surface area (TPSA) is 95.9 Å². The molecule has 1 saturated heterocycles. The number of carbonyl (C=O) groups is 3. The van der Waals surface area contributed by atoms with Crippen molar-refractivity contribution in [3.63, 3.8) is 0 Å². The molecule has 1 heterocycles. The van der Waals surface area contributed by atoms with Gasteiger partial charge < -0.3 is 20.1 Å². The Labute approximate surface area is 203 Å². The van der Waals surface area contributed by atoms with Crippen LogP contribution < -0.4 is 5.32 Å². The molecule has 7 nitrogen and oxygen atoms in total. The molecule has 0 bridgehead atoms. The normalized spacial score (nSPS) is 18.4. The van der Waals surface area contributed by atoms with Crippen molar-refractivity contribution in [2.75, 3.05) is 26.0 Å². The van der Waals surface area contributed by atoms with Gasteiger partial charge in [-0.3, -0.25) is 9.59 Å². The Morgan fingerprint density at radius 2 is 1.74 bits per heavy atom. The number of hydrogen-bond donors (Lipinski definition) is 2. The fourth-order valence-electron chi connectivity index (χ4n) is 4.87. The van der Waals surface area contributed by atoms with Gasteiger partial charge in [0.25, 0.3) is 0 Å². The predicted molar refractivity (Wildman–Crippen MR) is 132 cm³/mol. The Morgan fingerprint density at radius 1 is 1.09 bits per heavy atom. The maximum absolute atomic E-state index is 13.2. The second-order valence-electron chi connectivity index (χ2n) is 8.76. The van der Waals surface area contributed by atoms with E-state index in [0.717, 1.165) is 41.5 Å². The Balaban J connectivity index is 1.43. The number of benzene rings is 2. The molecule has 2 atom stereocenters. The number of alkyl carbamates (subject to hydrolysis) is 1. The molecule has 1 aliphatic heterocycles. The van der Waals surface area contributed by atoms with Gasteiger partial charge in [0, 0.05) is 24.3 Å². The summed E-state index contributed by atoms with van der Waals surface area (Å²) < 4.78 is 5.54. The van der Waals surface area contributed by atoms with E-state index in [1.807, 2.05) is 42.7 Å².